The highest BCUT2D eigenvalue weighted by Gasteiger charge is 2.19. The maximum atomic E-state index is 14.0. The minimum absolute atomic E-state index is 0.0625. The van der Waals surface area contributed by atoms with Crippen molar-refractivity contribution in [2.24, 2.45) is 5.92 Å². The van der Waals surface area contributed by atoms with E-state index in [0.717, 1.165) is 0 Å². The minimum Gasteiger partial charge on any atom is -0.465 e. The van der Waals surface area contributed by atoms with Gasteiger partial charge in [0.2, 0.25) is 0 Å². The van der Waals surface area contributed by atoms with E-state index in [0.29, 0.717) is 23.5 Å². The van der Waals surface area contributed by atoms with Crippen molar-refractivity contribution in [1.82, 2.24) is 5.32 Å². The SMILES string of the molecule is CC(CNc1ccc(Cl)cc1C(=O)c1ccccc1F)CC(C=O)NC(=O)O. The summed E-state index contributed by atoms with van der Waals surface area (Å²) in [5.74, 6) is -1.22. The molecule has 1 amide bonds. The molecule has 0 radical (unpaired) electrons. The van der Waals surface area contributed by atoms with Crippen LogP contribution in [0.3, 0.4) is 0 Å². The van der Waals surface area contributed by atoms with Crippen LogP contribution in [-0.2, 0) is 4.79 Å². The number of hydrogen-bond acceptors (Lipinski definition) is 4. The highest BCUT2D eigenvalue weighted by Crippen LogP contribution is 2.25. The summed E-state index contributed by atoms with van der Waals surface area (Å²) in [7, 11) is 0. The molecule has 0 aliphatic heterocycles. The summed E-state index contributed by atoms with van der Waals surface area (Å²) in [5.41, 5.74) is 0.631. The Morgan fingerprint density at radius 2 is 1.93 bits per heavy atom. The topological polar surface area (TPSA) is 95.5 Å². The van der Waals surface area contributed by atoms with E-state index in [4.69, 9.17) is 16.7 Å². The molecule has 3 N–H and O–H groups in total. The van der Waals surface area contributed by atoms with Gasteiger partial charge in [-0.05, 0) is 42.7 Å². The van der Waals surface area contributed by atoms with Gasteiger partial charge in [0.05, 0.1) is 11.6 Å². The number of amides is 1. The molecule has 0 saturated heterocycles. The van der Waals surface area contributed by atoms with Crippen LogP contribution in [0.25, 0.3) is 0 Å². The van der Waals surface area contributed by atoms with Crippen molar-refractivity contribution in [3.8, 4) is 0 Å². The lowest BCUT2D eigenvalue weighted by atomic mass is 9.99. The first-order valence-corrected chi connectivity index (χ1v) is 8.97. The molecule has 148 valence electrons. The summed E-state index contributed by atoms with van der Waals surface area (Å²) >= 11 is 6.01. The van der Waals surface area contributed by atoms with Crippen LogP contribution in [-0.4, -0.2) is 35.9 Å². The Labute approximate surface area is 166 Å². The molecule has 0 aromatic heterocycles. The molecule has 2 aromatic rings. The Balaban J connectivity index is 2.14. The van der Waals surface area contributed by atoms with Gasteiger partial charge in [-0.15, -0.1) is 0 Å². The molecule has 28 heavy (non-hydrogen) atoms. The van der Waals surface area contributed by atoms with Crippen LogP contribution in [0.5, 0.6) is 0 Å². The monoisotopic (exact) mass is 406 g/mol. The second-order valence-corrected chi connectivity index (χ2v) is 6.85. The number of benzene rings is 2. The molecule has 0 bridgehead atoms. The van der Waals surface area contributed by atoms with E-state index in [1.807, 2.05) is 6.92 Å². The number of aldehydes is 1. The van der Waals surface area contributed by atoms with E-state index in [2.05, 4.69) is 10.6 Å². The van der Waals surface area contributed by atoms with Gasteiger partial charge in [0, 0.05) is 22.8 Å². The Morgan fingerprint density at radius 1 is 1.21 bits per heavy atom. The van der Waals surface area contributed by atoms with E-state index in [-0.39, 0.29) is 23.5 Å². The molecule has 2 unspecified atom stereocenters. The summed E-state index contributed by atoms with van der Waals surface area (Å²) in [6.07, 6.45) is -0.444. The van der Waals surface area contributed by atoms with Crippen molar-refractivity contribution in [3.63, 3.8) is 0 Å². The predicted octanol–water partition coefficient (Wildman–Crippen LogP) is 3.98. The number of carboxylic acid groups (broad SMARTS) is 1. The van der Waals surface area contributed by atoms with Crippen molar-refractivity contribution in [2.75, 3.05) is 11.9 Å². The van der Waals surface area contributed by atoms with Gasteiger partial charge in [0.15, 0.2) is 5.78 Å². The van der Waals surface area contributed by atoms with E-state index < -0.39 is 23.7 Å². The first kappa shape index (κ1) is 21.4. The van der Waals surface area contributed by atoms with Crippen molar-refractivity contribution in [1.29, 1.82) is 0 Å². The van der Waals surface area contributed by atoms with Gasteiger partial charge >= 0.3 is 6.09 Å². The second-order valence-electron chi connectivity index (χ2n) is 6.41. The highest BCUT2D eigenvalue weighted by atomic mass is 35.5. The summed E-state index contributed by atoms with van der Waals surface area (Å²) in [5, 5.41) is 14.3. The lowest BCUT2D eigenvalue weighted by molar-refractivity contribution is -0.109. The number of ketones is 1. The Morgan fingerprint density at radius 3 is 2.57 bits per heavy atom. The Kier molecular flexibility index (Phi) is 7.52. The minimum atomic E-state index is -1.27. The maximum absolute atomic E-state index is 14.0. The molecule has 6 nitrogen and oxygen atoms in total. The van der Waals surface area contributed by atoms with Crippen LogP contribution in [0.2, 0.25) is 5.02 Å². The lowest BCUT2D eigenvalue weighted by Crippen LogP contribution is -2.37. The third-order valence-electron chi connectivity index (χ3n) is 4.12. The zero-order chi connectivity index (χ0) is 20.7. The molecular weight excluding hydrogens is 387 g/mol. The molecule has 2 atom stereocenters. The number of halogens is 2. The van der Waals surface area contributed by atoms with Gasteiger partial charge in [-0.25, -0.2) is 9.18 Å². The average molecular weight is 407 g/mol. The number of hydrogen-bond donors (Lipinski definition) is 3. The van der Waals surface area contributed by atoms with E-state index in [9.17, 15) is 18.8 Å². The second kappa shape index (κ2) is 9.85. The maximum Gasteiger partial charge on any atom is 0.405 e. The average Bonchev–Trinajstić information content (AvgIpc) is 2.66. The third kappa shape index (κ3) is 5.79. The lowest BCUT2D eigenvalue weighted by Gasteiger charge is -2.19. The number of carbonyl (C=O) groups excluding carboxylic acids is 2. The van der Waals surface area contributed by atoms with Crippen molar-refractivity contribution in [3.05, 3.63) is 64.4 Å². The molecule has 0 heterocycles. The molecule has 2 aromatic carbocycles. The normalized spacial score (nSPS) is 12.7. The Bertz CT molecular complexity index is 875. The summed E-state index contributed by atoms with van der Waals surface area (Å²) < 4.78 is 14.0. The number of nitrogens with one attached hydrogen (secondary N) is 2. The number of carbonyl (C=O) groups is 3. The van der Waals surface area contributed by atoms with Crippen LogP contribution in [0, 0.1) is 11.7 Å². The molecule has 0 fully saturated rings. The smallest absolute Gasteiger partial charge is 0.405 e. The zero-order valence-electron chi connectivity index (χ0n) is 15.1. The molecule has 0 spiro atoms. The zero-order valence-corrected chi connectivity index (χ0v) is 15.9. The van der Waals surface area contributed by atoms with Crippen molar-refractivity contribution >= 4 is 35.5 Å². The largest absolute Gasteiger partial charge is 0.465 e. The first-order valence-electron chi connectivity index (χ1n) is 8.59. The van der Waals surface area contributed by atoms with Crippen LogP contribution >= 0.6 is 11.6 Å². The molecule has 0 aliphatic rings. The summed E-state index contributed by atoms with van der Waals surface area (Å²) in [6.45, 7) is 2.20. The predicted molar refractivity (Wildman–Crippen MR) is 105 cm³/mol. The molecular formula is C20H20ClFN2O4. The van der Waals surface area contributed by atoms with Gasteiger partial charge in [-0.3, -0.25) is 4.79 Å². The molecule has 2 rings (SSSR count). The van der Waals surface area contributed by atoms with Crippen LogP contribution in [0.1, 0.15) is 29.3 Å². The fourth-order valence-electron chi connectivity index (χ4n) is 2.76. The van der Waals surface area contributed by atoms with Crippen LogP contribution in [0.4, 0.5) is 14.9 Å². The van der Waals surface area contributed by atoms with Gasteiger partial charge in [0.1, 0.15) is 12.1 Å². The van der Waals surface area contributed by atoms with E-state index >= 15 is 0 Å². The van der Waals surface area contributed by atoms with Crippen molar-refractivity contribution in [2.45, 2.75) is 19.4 Å². The highest BCUT2D eigenvalue weighted by molar-refractivity contribution is 6.31. The Hall–Kier alpha value is -2.93. The van der Waals surface area contributed by atoms with Crippen LogP contribution in [0.15, 0.2) is 42.5 Å². The summed E-state index contributed by atoms with van der Waals surface area (Å²) in [4.78, 5) is 34.4. The van der Waals surface area contributed by atoms with E-state index in [1.54, 1.807) is 18.2 Å². The van der Waals surface area contributed by atoms with Crippen molar-refractivity contribution < 1.29 is 23.9 Å². The fourth-order valence-corrected chi connectivity index (χ4v) is 2.93. The van der Waals surface area contributed by atoms with Gasteiger partial charge in [-0.2, -0.15) is 0 Å². The van der Waals surface area contributed by atoms with Gasteiger partial charge in [0.25, 0.3) is 0 Å². The molecule has 0 aliphatic carbocycles. The van der Waals surface area contributed by atoms with E-state index in [1.165, 1.54) is 24.3 Å². The number of rotatable bonds is 9. The third-order valence-corrected chi connectivity index (χ3v) is 4.35. The molecule has 0 saturated carbocycles. The quantitative estimate of drug-likeness (QED) is 0.432. The standard InChI is InChI=1S/C20H20ClFN2O4/c1-12(8-14(11-25)24-20(27)28)10-23-18-7-6-13(21)9-16(18)19(26)15-4-2-3-5-17(15)22/h2-7,9,11-12,14,23-24H,8,10H2,1H3,(H,27,28). The summed E-state index contributed by atoms with van der Waals surface area (Å²) in [6, 6.07) is 9.55. The molecule has 8 heteroatoms. The van der Waals surface area contributed by atoms with Gasteiger partial charge in [-0.1, -0.05) is 30.7 Å². The number of anilines is 1. The first-order chi connectivity index (χ1) is 13.3. The fraction of sp³-hybridized carbons (Fsp3) is 0.250. The van der Waals surface area contributed by atoms with Gasteiger partial charge < -0.3 is 20.5 Å². The van der Waals surface area contributed by atoms with Crippen LogP contribution < -0.4 is 10.6 Å².